The zero-order chi connectivity index (χ0) is 20.9. The highest BCUT2D eigenvalue weighted by atomic mass is 32.2. The fraction of sp³-hybridized carbons (Fsp3) is 0.333. The number of ether oxygens (including phenoxy) is 1. The quantitative estimate of drug-likeness (QED) is 0.607. The minimum Gasteiger partial charge on any atom is -0.454 e. The predicted octanol–water partition coefficient (Wildman–Crippen LogP) is 1.74. The zero-order valence-corrected chi connectivity index (χ0v) is 16.9. The number of esters is 1. The molecule has 1 atom stereocenters. The fourth-order valence-electron chi connectivity index (χ4n) is 3.04. The van der Waals surface area contributed by atoms with Crippen molar-refractivity contribution in [1.82, 2.24) is 10.0 Å². The molecule has 1 aliphatic rings. The first-order valence-corrected chi connectivity index (χ1v) is 10.9. The second-order valence-corrected chi connectivity index (χ2v) is 8.90. The molecular formula is C21H24N2O5S. The molecule has 0 saturated heterocycles. The Kier molecular flexibility index (Phi) is 6.34. The van der Waals surface area contributed by atoms with Gasteiger partial charge in [-0.05, 0) is 37.5 Å². The van der Waals surface area contributed by atoms with Gasteiger partial charge in [0.1, 0.15) is 6.04 Å². The molecule has 7 nitrogen and oxygen atoms in total. The van der Waals surface area contributed by atoms with Crippen LogP contribution in [0.15, 0.2) is 65.6 Å². The van der Waals surface area contributed by atoms with Gasteiger partial charge < -0.3 is 10.1 Å². The minimum atomic E-state index is -3.85. The number of nitrogens with one attached hydrogen (secondary N) is 2. The Bertz CT molecular complexity index is 957. The molecule has 3 rings (SSSR count). The highest BCUT2D eigenvalue weighted by molar-refractivity contribution is 7.89. The molecule has 0 aromatic heterocycles. The molecule has 0 heterocycles. The average Bonchev–Trinajstić information content (AvgIpc) is 3.52. The van der Waals surface area contributed by atoms with Crippen LogP contribution >= 0.6 is 0 Å². The number of amides is 1. The molecule has 0 radical (unpaired) electrons. The third-order valence-electron chi connectivity index (χ3n) is 4.95. The summed E-state index contributed by atoms with van der Waals surface area (Å²) in [6, 6.07) is 16.6. The standard InChI is InChI=1S/C21H24N2O5S/c1-16(23-29(26,27)18-10-6-3-7-11-18)20(25)28-14-19(24)22-15-21(12-13-21)17-8-4-2-5-9-17/h2-11,16,23H,12-15H2,1H3,(H,22,24)/t16-/m0/s1. The van der Waals surface area contributed by atoms with Gasteiger partial charge in [0, 0.05) is 12.0 Å². The zero-order valence-electron chi connectivity index (χ0n) is 16.1. The van der Waals surface area contributed by atoms with Gasteiger partial charge in [0.15, 0.2) is 6.61 Å². The molecule has 0 bridgehead atoms. The molecule has 2 aromatic rings. The predicted molar refractivity (Wildman–Crippen MR) is 108 cm³/mol. The van der Waals surface area contributed by atoms with E-state index in [2.05, 4.69) is 10.0 Å². The van der Waals surface area contributed by atoms with Crippen molar-refractivity contribution in [2.45, 2.75) is 36.1 Å². The van der Waals surface area contributed by atoms with E-state index in [0.29, 0.717) is 6.54 Å². The molecule has 2 N–H and O–H groups in total. The lowest BCUT2D eigenvalue weighted by molar-refractivity contribution is -0.149. The lowest BCUT2D eigenvalue weighted by atomic mass is 9.96. The van der Waals surface area contributed by atoms with Gasteiger partial charge >= 0.3 is 5.97 Å². The molecule has 1 saturated carbocycles. The van der Waals surface area contributed by atoms with Crippen LogP contribution in [0, 0.1) is 0 Å². The van der Waals surface area contributed by atoms with Gasteiger partial charge in [0.05, 0.1) is 4.90 Å². The third-order valence-corrected chi connectivity index (χ3v) is 6.50. The van der Waals surface area contributed by atoms with Crippen LogP contribution in [0.2, 0.25) is 0 Å². The molecule has 1 amide bonds. The van der Waals surface area contributed by atoms with Crippen molar-refractivity contribution in [2.24, 2.45) is 0 Å². The second-order valence-electron chi connectivity index (χ2n) is 7.19. The Morgan fingerprint density at radius 2 is 1.62 bits per heavy atom. The van der Waals surface area contributed by atoms with Crippen molar-refractivity contribution in [3.63, 3.8) is 0 Å². The molecule has 0 aliphatic heterocycles. The molecule has 2 aromatic carbocycles. The van der Waals surface area contributed by atoms with Gasteiger partial charge in [-0.1, -0.05) is 48.5 Å². The van der Waals surface area contributed by atoms with Crippen LogP contribution in [-0.2, 0) is 29.8 Å². The van der Waals surface area contributed by atoms with Gasteiger partial charge in [-0.25, -0.2) is 8.42 Å². The second kappa shape index (κ2) is 8.75. The topological polar surface area (TPSA) is 102 Å². The summed E-state index contributed by atoms with van der Waals surface area (Å²) in [7, 11) is -3.85. The maximum absolute atomic E-state index is 12.2. The first kappa shape index (κ1) is 21.0. The number of benzene rings is 2. The number of sulfonamides is 1. The highest BCUT2D eigenvalue weighted by Crippen LogP contribution is 2.47. The van der Waals surface area contributed by atoms with Crippen molar-refractivity contribution >= 4 is 21.9 Å². The SMILES string of the molecule is C[C@H](NS(=O)(=O)c1ccccc1)C(=O)OCC(=O)NCC1(c2ccccc2)CC1. The lowest BCUT2D eigenvalue weighted by Gasteiger charge is -2.17. The Balaban J connectivity index is 1.45. The summed E-state index contributed by atoms with van der Waals surface area (Å²) >= 11 is 0. The number of hydrogen-bond acceptors (Lipinski definition) is 5. The summed E-state index contributed by atoms with van der Waals surface area (Å²) in [6.45, 7) is 1.39. The van der Waals surface area contributed by atoms with Gasteiger partial charge in [0.2, 0.25) is 10.0 Å². The molecule has 1 aliphatic carbocycles. The normalized spacial score (nSPS) is 15.9. The minimum absolute atomic E-state index is 0.0421. The van der Waals surface area contributed by atoms with Crippen LogP contribution in [0.4, 0.5) is 0 Å². The van der Waals surface area contributed by atoms with Gasteiger partial charge in [-0.3, -0.25) is 9.59 Å². The van der Waals surface area contributed by atoms with E-state index >= 15 is 0 Å². The van der Waals surface area contributed by atoms with E-state index in [-0.39, 0.29) is 10.3 Å². The molecular weight excluding hydrogens is 392 g/mol. The van der Waals surface area contributed by atoms with Crippen molar-refractivity contribution in [3.8, 4) is 0 Å². The Morgan fingerprint density at radius 3 is 2.21 bits per heavy atom. The highest BCUT2D eigenvalue weighted by Gasteiger charge is 2.44. The van der Waals surface area contributed by atoms with Crippen LogP contribution in [-0.4, -0.2) is 39.5 Å². The monoisotopic (exact) mass is 416 g/mol. The first-order chi connectivity index (χ1) is 13.8. The Hall–Kier alpha value is -2.71. The van der Waals surface area contributed by atoms with E-state index in [9.17, 15) is 18.0 Å². The summed E-state index contributed by atoms with van der Waals surface area (Å²) in [5.74, 6) is -1.23. The largest absolute Gasteiger partial charge is 0.454 e. The summed E-state index contributed by atoms with van der Waals surface area (Å²) in [5, 5.41) is 2.80. The third kappa shape index (κ3) is 5.42. The number of hydrogen-bond donors (Lipinski definition) is 2. The molecule has 0 spiro atoms. The number of rotatable bonds is 9. The van der Waals surface area contributed by atoms with E-state index in [1.807, 2.05) is 30.3 Å². The van der Waals surface area contributed by atoms with Crippen LogP contribution < -0.4 is 10.0 Å². The summed E-state index contributed by atoms with van der Waals surface area (Å²) in [6.07, 6.45) is 1.99. The Morgan fingerprint density at radius 1 is 1.03 bits per heavy atom. The van der Waals surface area contributed by atoms with Crippen molar-refractivity contribution in [1.29, 1.82) is 0 Å². The van der Waals surface area contributed by atoms with E-state index in [1.54, 1.807) is 18.2 Å². The fourth-order valence-corrected chi connectivity index (χ4v) is 4.25. The maximum atomic E-state index is 12.2. The number of carbonyl (C=O) groups excluding carboxylic acids is 2. The number of carbonyl (C=O) groups is 2. The van der Waals surface area contributed by atoms with Crippen molar-refractivity contribution < 1.29 is 22.7 Å². The van der Waals surface area contributed by atoms with E-state index in [1.165, 1.54) is 24.6 Å². The van der Waals surface area contributed by atoms with Crippen molar-refractivity contribution in [2.75, 3.05) is 13.2 Å². The molecule has 0 unspecified atom stereocenters. The van der Waals surface area contributed by atoms with E-state index < -0.39 is 34.5 Å². The van der Waals surface area contributed by atoms with Crippen LogP contribution in [0.1, 0.15) is 25.3 Å². The first-order valence-electron chi connectivity index (χ1n) is 9.39. The van der Waals surface area contributed by atoms with Crippen molar-refractivity contribution in [3.05, 3.63) is 66.2 Å². The summed E-state index contributed by atoms with van der Waals surface area (Å²) in [4.78, 5) is 24.2. The average molecular weight is 416 g/mol. The van der Waals surface area contributed by atoms with Gasteiger partial charge in [0.25, 0.3) is 5.91 Å². The van der Waals surface area contributed by atoms with E-state index in [0.717, 1.165) is 12.8 Å². The Labute approximate surface area is 170 Å². The molecule has 154 valence electrons. The molecule has 8 heteroatoms. The maximum Gasteiger partial charge on any atom is 0.324 e. The van der Waals surface area contributed by atoms with Gasteiger partial charge in [-0.2, -0.15) is 4.72 Å². The summed E-state index contributed by atoms with van der Waals surface area (Å²) in [5.41, 5.74) is 1.14. The molecule has 29 heavy (non-hydrogen) atoms. The van der Waals surface area contributed by atoms with Crippen LogP contribution in [0.3, 0.4) is 0 Å². The van der Waals surface area contributed by atoms with Gasteiger partial charge in [-0.15, -0.1) is 0 Å². The lowest BCUT2D eigenvalue weighted by Crippen LogP contribution is -2.41. The molecule has 1 fully saturated rings. The van der Waals surface area contributed by atoms with Crippen LogP contribution in [0.25, 0.3) is 0 Å². The van der Waals surface area contributed by atoms with Crippen LogP contribution in [0.5, 0.6) is 0 Å². The summed E-state index contributed by atoms with van der Waals surface area (Å²) < 4.78 is 31.7. The smallest absolute Gasteiger partial charge is 0.324 e. The van der Waals surface area contributed by atoms with E-state index in [4.69, 9.17) is 4.74 Å².